The Morgan fingerprint density at radius 1 is 0.882 bits per heavy atom. The predicted octanol–water partition coefficient (Wildman–Crippen LogP) is 3.15. The van der Waals surface area contributed by atoms with Crippen LogP contribution in [0.1, 0.15) is 17.2 Å². The molecule has 0 amide bonds. The maximum absolute atomic E-state index is 13.5. The molecule has 0 aliphatic heterocycles. The van der Waals surface area contributed by atoms with Crippen LogP contribution in [-0.4, -0.2) is 0 Å². The highest BCUT2D eigenvalue weighted by Crippen LogP contribution is 2.23. The Morgan fingerprint density at radius 3 is 2.06 bits per heavy atom. The lowest BCUT2D eigenvalue weighted by atomic mass is 9.99. The first-order chi connectivity index (χ1) is 8.08. The van der Waals surface area contributed by atoms with Gasteiger partial charge < -0.3 is 5.73 Å². The molecule has 2 N–H and O–H groups in total. The van der Waals surface area contributed by atoms with Gasteiger partial charge in [-0.25, -0.2) is 13.2 Å². The summed E-state index contributed by atoms with van der Waals surface area (Å²) in [6, 6.07) is 7.94. The first-order valence-electron chi connectivity index (χ1n) is 5.04. The summed E-state index contributed by atoms with van der Waals surface area (Å²) in [6.45, 7) is 0. The fourth-order valence-corrected chi connectivity index (χ4v) is 1.66. The van der Waals surface area contributed by atoms with Crippen molar-refractivity contribution in [2.45, 2.75) is 6.04 Å². The van der Waals surface area contributed by atoms with Gasteiger partial charge in [-0.3, -0.25) is 0 Å². The molecule has 2 aromatic carbocycles. The fourth-order valence-electron chi connectivity index (χ4n) is 1.66. The molecule has 0 saturated carbocycles. The summed E-state index contributed by atoms with van der Waals surface area (Å²) in [5.41, 5.74) is 6.19. The molecular weight excluding hydrogens is 227 g/mol. The van der Waals surface area contributed by atoms with E-state index in [-0.39, 0.29) is 11.1 Å². The monoisotopic (exact) mass is 237 g/mol. The third-order valence-corrected chi connectivity index (χ3v) is 2.48. The number of hydrogen-bond acceptors (Lipinski definition) is 1. The Morgan fingerprint density at radius 2 is 1.47 bits per heavy atom. The SMILES string of the molecule is NC(c1cc(F)cc(F)c1)c1ccccc1F. The number of halogens is 3. The molecule has 0 bridgehead atoms. The summed E-state index contributed by atoms with van der Waals surface area (Å²) in [4.78, 5) is 0. The van der Waals surface area contributed by atoms with Crippen molar-refractivity contribution in [3.63, 3.8) is 0 Å². The standard InChI is InChI=1S/C13H10F3N/c14-9-5-8(6-10(15)7-9)13(17)11-3-1-2-4-12(11)16/h1-7,13H,17H2. The van der Waals surface area contributed by atoms with E-state index in [2.05, 4.69) is 0 Å². The topological polar surface area (TPSA) is 26.0 Å². The molecule has 0 fully saturated rings. The average Bonchev–Trinajstić information content (AvgIpc) is 2.27. The molecule has 0 spiro atoms. The zero-order valence-electron chi connectivity index (χ0n) is 8.83. The van der Waals surface area contributed by atoms with Gasteiger partial charge in [-0.15, -0.1) is 0 Å². The first-order valence-corrected chi connectivity index (χ1v) is 5.04. The smallest absolute Gasteiger partial charge is 0.128 e. The number of hydrogen-bond donors (Lipinski definition) is 1. The zero-order valence-corrected chi connectivity index (χ0v) is 8.83. The molecule has 1 atom stereocenters. The highest BCUT2D eigenvalue weighted by molar-refractivity contribution is 5.32. The average molecular weight is 237 g/mol. The van der Waals surface area contributed by atoms with Crippen LogP contribution >= 0.6 is 0 Å². The molecule has 0 radical (unpaired) electrons. The Kier molecular flexibility index (Phi) is 3.15. The van der Waals surface area contributed by atoms with E-state index >= 15 is 0 Å². The molecule has 4 heteroatoms. The van der Waals surface area contributed by atoms with Crippen molar-refractivity contribution < 1.29 is 13.2 Å². The molecule has 0 saturated heterocycles. The quantitative estimate of drug-likeness (QED) is 0.853. The van der Waals surface area contributed by atoms with Crippen LogP contribution in [0.5, 0.6) is 0 Å². The van der Waals surface area contributed by atoms with E-state index in [1.165, 1.54) is 18.2 Å². The minimum atomic E-state index is -0.888. The maximum atomic E-state index is 13.5. The molecule has 0 aliphatic carbocycles. The van der Waals surface area contributed by atoms with Crippen molar-refractivity contribution in [2.75, 3.05) is 0 Å². The van der Waals surface area contributed by atoms with Gasteiger partial charge in [0, 0.05) is 11.6 Å². The van der Waals surface area contributed by atoms with Gasteiger partial charge in [0.15, 0.2) is 0 Å². The van der Waals surface area contributed by atoms with Gasteiger partial charge in [-0.1, -0.05) is 18.2 Å². The lowest BCUT2D eigenvalue weighted by Gasteiger charge is -2.13. The van der Waals surface area contributed by atoms with Crippen LogP contribution in [0.2, 0.25) is 0 Å². The van der Waals surface area contributed by atoms with Crippen molar-refractivity contribution in [1.29, 1.82) is 0 Å². The van der Waals surface area contributed by atoms with E-state index in [0.717, 1.165) is 18.2 Å². The summed E-state index contributed by atoms with van der Waals surface area (Å²) < 4.78 is 39.5. The molecular formula is C13H10F3N. The molecule has 2 rings (SSSR count). The van der Waals surface area contributed by atoms with Gasteiger partial charge >= 0.3 is 0 Å². The molecule has 17 heavy (non-hydrogen) atoms. The maximum Gasteiger partial charge on any atom is 0.128 e. The molecule has 1 nitrogen and oxygen atoms in total. The van der Waals surface area contributed by atoms with E-state index in [1.54, 1.807) is 6.07 Å². The summed E-state index contributed by atoms with van der Waals surface area (Å²) in [7, 11) is 0. The van der Waals surface area contributed by atoms with E-state index in [4.69, 9.17) is 5.73 Å². The predicted molar refractivity (Wildman–Crippen MR) is 58.8 cm³/mol. The second kappa shape index (κ2) is 4.59. The normalized spacial score (nSPS) is 12.5. The third kappa shape index (κ3) is 2.47. The van der Waals surface area contributed by atoms with Gasteiger partial charge in [0.25, 0.3) is 0 Å². The van der Waals surface area contributed by atoms with Gasteiger partial charge in [-0.2, -0.15) is 0 Å². The van der Waals surface area contributed by atoms with Crippen LogP contribution in [0.25, 0.3) is 0 Å². The Balaban J connectivity index is 2.43. The lowest BCUT2D eigenvalue weighted by Crippen LogP contribution is -2.14. The molecule has 1 unspecified atom stereocenters. The fraction of sp³-hybridized carbons (Fsp3) is 0.0769. The first kappa shape index (κ1) is 11.7. The largest absolute Gasteiger partial charge is 0.320 e. The van der Waals surface area contributed by atoms with Crippen molar-refractivity contribution in [3.8, 4) is 0 Å². The molecule has 2 aromatic rings. The third-order valence-electron chi connectivity index (χ3n) is 2.48. The number of nitrogens with two attached hydrogens (primary N) is 1. The van der Waals surface area contributed by atoms with Gasteiger partial charge in [0.1, 0.15) is 17.5 Å². The van der Waals surface area contributed by atoms with Crippen molar-refractivity contribution in [1.82, 2.24) is 0 Å². The summed E-state index contributed by atoms with van der Waals surface area (Å²) in [6.07, 6.45) is 0. The van der Waals surface area contributed by atoms with Crippen molar-refractivity contribution in [2.24, 2.45) is 5.73 Å². The van der Waals surface area contributed by atoms with Crippen LogP contribution in [-0.2, 0) is 0 Å². The summed E-state index contributed by atoms with van der Waals surface area (Å²) >= 11 is 0. The van der Waals surface area contributed by atoms with Crippen LogP contribution in [0.15, 0.2) is 42.5 Å². The molecule has 88 valence electrons. The van der Waals surface area contributed by atoms with Gasteiger partial charge in [0.2, 0.25) is 0 Å². The van der Waals surface area contributed by atoms with Crippen LogP contribution < -0.4 is 5.73 Å². The highest BCUT2D eigenvalue weighted by atomic mass is 19.1. The summed E-state index contributed by atoms with van der Waals surface area (Å²) in [5.74, 6) is -1.96. The van der Waals surface area contributed by atoms with Crippen LogP contribution in [0, 0.1) is 17.5 Å². The van der Waals surface area contributed by atoms with Crippen molar-refractivity contribution >= 4 is 0 Å². The van der Waals surface area contributed by atoms with Crippen LogP contribution in [0.3, 0.4) is 0 Å². The Labute approximate surface area is 96.7 Å². The molecule has 0 heterocycles. The van der Waals surface area contributed by atoms with Gasteiger partial charge in [-0.05, 0) is 23.8 Å². The van der Waals surface area contributed by atoms with E-state index in [0.29, 0.717) is 0 Å². The van der Waals surface area contributed by atoms with Crippen molar-refractivity contribution in [3.05, 3.63) is 71.0 Å². The summed E-state index contributed by atoms with van der Waals surface area (Å²) in [5, 5.41) is 0. The molecule has 0 aliphatic rings. The lowest BCUT2D eigenvalue weighted by molar-refractivity contribution is 0.571. The zero-order chi connectivity index (χ0) is 12.4. The number of benzene rings is 2. The van der Waals surface area contributed by atoms with E-state index in [9.17, 15) is 13.2 Å². The Hall–Kier alpha value is -1.81. The van der Waals surface area contributed by atoms with Gasteiger partial charge in [0.05, 0.1) is 6.04 Å². The van der Waals surface area contributed by atoms with Crippen LogP contribution in [0.4, 0.5) is 13.2 Å². The minimum Gasteiger partial charge on any atom is -0.320 e. The highest BCUT2D eigenvalue weighted by Gasteiger charge is 2.14. The van der Waals surface area contributed by atoms with E-state index in [1.807, 2.05) is 0 Å². The second-order valence-corrected chi connectivity index (χ2v) is 3.70. The second-order valence-electron chi connectivity index (χ2n) is 3.70. The molecule has 0 aromatic heterocycles. The van der Waals surface area contributed by atoms with E-state index < -0.39 is 23.5 Å². The number of rotatable bonds is 2. The Bertz CT molecular complexity index is 520. The minimum absolute atomic E-state index is 0.201.